The number of carbonyl (C=O) groups is 1. The Balaban J connectivity index is 0.00000385. The van der Waals surface area contributed by atoms with Crippen molar-refractivity contribution in [2.45, 2.75) is 39.3 Å². The fourth-order valence-corrected chi connectivity index (χ4v) is 3.41. The predicted octanol–water partition coefficient (Wildman–Crippen LogP) is 3.66. The third-order valence-electron chi connectivity index (χ3n) is 5.15. The number of halogens is 1. The summed E-state index contributed by atoms with van der Waals surface area (Å²) in [5.74, 6) is 1.49. The minimum atomic E-state index is -0.0791. The lowest BCUT2D eigenvalue weighted by molar-refractivity contribution is 0.0857. The SMILES string of the molecule is CCNC(=NCc1cccc(C(=O)NCC2CCCO2)c1)NCCOc1ccc(C)cc1.I. The summed E-state index contributed by atoms with van der Waals surface area (Å²) in [4.78, 5) is 17.1. The molecule has 3 N–H and O–H groups in total. The summed E-state index contributed by atoms with van der Waals surface area (Å²) in [5, 5.41) is 9.49. The largest absolute Gasteiger partial charge is 0.492 e. The van der Waals surface area contributed by atoms with Crippen LogP contribution in [0.25, 0.3) is 0 Å². The second-order valence-electron chi connectivity index (χ2n) is 7.83. The molecule has 1 fully saturated rings. The fraction of sp³-hybridized carbons (Fsp3) is 0.440. The van der Waals surface area contributed by atoms with Crippen LogP contribution in [0.4, 0.5) is 0 Å². The number of benzene rings is 2. The highest BCUT2D eigenvalue weighted by molar-refractivity contribution is 14.0. The summed E-state index contributed by atoms with van der Waals surface area (Å²) in [6, 6.07) is 15.6. The number of rotatable bonds is 10. The molecule has 2 aromatic rings. The van der Waals surface area contributed by atoms with E-state index in [4.69, 9.17) is 9.47 Å². The van der Waals surface area contributed by atoms with Crippen molar-refractivity contribution in [2.24, 2.45) is 4.99 Å². The number of aliphatic imine (C=N–C) groups is 1. The molecule has 1 aliphatic rings. The van der Waals surface area contributed by atoms with Crippen LogP contribution in [0.2, 0.25) is 0 Å². The molecule has 180 valence electrons. The maximum atomic E-state index is 12.5. The van der Waals surface area contributed by atoms with E-state index >= 15 is 0 Å². The topological polar surface area (TPSA) is 84.0 Å². The van der Waals surface area contributed by atoms with Gasteiger partial charge in [0.15, 0.2) is 5.96 Å². The lowest BCUT2D eigenvalue weighted by Crippen LogP contribution is -2.39. The van der Waals surface area contributed by atoms with Gasteiger partial charge < -0.3 is 25.4 Å². The van der Waals surface area contributed by atoms with Gasteiger partial charge in [-0.1, -0.05) is 29.8 Å². The molecule has 0 aromatic heterocycles. The van der Waals surface area contributed by atoms with E-state index in [-0.39, 0.29) is 36.0 Å². The highest BCUT2D eigenvalue weighted by Gasteiger charge is 2.16. The van der Waals surface area contributed by atoms with Crippen molar-refractivity contribution in [1.29, 1.82) is 0 Å². The van der Waals surface area contributed by atoms with Crippen LogP contribution in [0.3, 0.4) is 0 Å². The van der Waals surface area contributed by atoms with E-state index < -0.39 is 0 Å². The molecule has 1 atom stereocenters. The zero-order chi connectivity index (χ0) is 22.6. The Morgan fingerprint density at radius 2 is 1.97 bits per heavy atom. The normalized spacial score (nSPS) is 15.5. The van der Waals surface area contributed by atoms with Gasteiger partial charge in [-0.3, -0.25) is 4.79 Å². The standard InChI is InChI=1S/C25H34N4O3.HI/c1-3-26-25(27-13-15-32-22-11-9-19(2)10-12-22)29-17-20-6-4-7-21(16-20)24(30)28-18-23-8-5-14-31-23;/h4,6-7,9-12,16,23H,3,5,8,13-15,17-18H2,1-2H3,(H,28,30)(H2,26,27,29);1H. The van der Waals surface area contributed by atoms with E-state index in [2.05, 4.69) is 27.9 Å². The summed E-state index contributed by atoms with van der Waals surface area (Å²) >= 11 is 0. The number of aryl methyl sites for hydroxylation is 1. The number of hydrogen-bond donors (Lipinski definition) is 3. The number of amides is 1. The van der Waals surface area contributed by atoms with Crippen molar-refractivity contribution >= 4 is 35.8 Å². The molecule has 1 heterocycles. The first kappa shape index (κ1) is 26.9. The molecule has 0 saturated carbocycles. The number of hydrogen-bond acceptors (Lipinski definition) is 4. The van der Waals surface area contributed by atoms with Gasteiger partial charge in [-0.2, -0.15) is 0 Å². The molecule has 1 aliphatic heterocycles. The van der Waals surface area contributed by atoms with Crippen LogP contribution in [-0.2, 0) is 11.3 Å². The van der Waals surface area contributed by atoms with Crippen molar-refractivity contribution < 1.29 is 14.3 Å². The zero-order valence-electron chi connectivity index (χ0n) is 19.4. The Bertz CT molecular complexity index is 883. The van der Waals surface area contributed by atoms with Crippen LogP contribution < -0.4 is 20.7 Å². The van der Waals surface area contributed by atoms with Crippen LogP contribution >= 0.6 is 24.0 Å². The molecule has 8 heteroatoms. The van der Waals surface area contributed by atoms with Crippen molar-refractivity contribution in [3.05, 3.63) is 65.2 Å². The van der Waals surface area contributed by atoms with Crippen molar-refractivity contribution in [3.8, 4) is 5.75 Å². The van der Waals surface area contributed by atoms with Gasteiger partial charge in [0, 0.05) is 25.3 Å². The summed E-state index contributed by atoms with van der Waals surface area (Å²) < 4.78 is 11.3. The van der Waals surface area contributed by atoms with Gasteiger partial charge in [-0.15, -0.1) is 24.0 Å². The highest BCUT2D eigenvalue weighted by atomic mass is 127. The number of guanidine groups is 1. The summed E-state index contributed by atoms with van der Waals surface area (Å²) in [6.45, 7) is 7.82. The number of ether oxygens (including phenoxy) is 2. The van der Waals surface area contributed by atoms with Crippen LogP contribution in [0, 0.1) is 6.92 Å². The zero-order valence-corrected chi connectivity index (χ0v) is 21.8. The quantitative estimate of drug-likeness (QED) is 0.177. The van der Waals surface area contributed by atoms with Gasteiger partial charge in [0.1, 0.15) is 12.4 Å². The smallest absolute Gasteiger partial charge is 0.251 e. The predicted molar refractivity (Wildman–Crippen MR) is 143 cm³/mol. The minimum Gasteiger partial charge on any atom is -0.492 e. The molecular formula is C25H35IN4O3. The van der Waals surface area contributed by atoms with Gasteiger partial charge >= 0.3 is 0 Å². The minimum absolute atomic E-state index is 0. The van der Waals surface area contributed by atoms with Crippen molar-refractivity contribution in [3.63, 3.8) is 0 Å². The van der Waals surface area contributed by atoms with Gasteiger partial charge in [0.25, 0.3) is 5.91 Å². The monoisotopic (exact) mass is 566 g/mol. The Morgan fingerprint density at radius 3 is 2.70 bits per heavy atom. The van der Waals surface area contributed by atoms with Crippen LogP contribution in [-0.4, -0.2) is 50.8 Å². The third-order valence-corrected chi connectivity index (χ3v) is 5.15. The van der Waals surface area contributed by atoms with Crippen LogP contribution in [0.5, 0.6) is 5.75 Å². The Kier molecular flexibility index (Phi) is 12.0. The summed E-state index contributed by atoms with van der Waals surface area (Å²) in [7, 11) is 0. The van der Waals surface area contributed by atoms with E-state index in [1.165, 1.54) is 5.56 Å². The molecule has 7 nitrogen and oxygen atoms in total. The highest BCUT2D eigenvalue weighted by Crippen LogP contribution is 2.12. The van der Waals surface area contributed by atoms with E-state index in [9.17, 15) is 4.79 Å². The first-order chi connectivity index (χ1) is 15.6. The maximum absolute atomic E-state index is 12.5. The number of nitrogens with one attached hydrogen (secondary N) is 3. The second kappa shape index (κ2) is 14.7. The van der Waals surface area contributed by atoms with Gasteiger partial charge in [-0.05, 0) is 56.5 Å². The third kappa shape index (κ3) is 9.59. The lowest BCUT2D eigenvalue weighted by atomic mass is 10.1. The molecule has 2 aromatic carbocycles. The Hall–Kier alpha value is -2.33. The van der Waals surface area contributed by atoms with Gasteiger partial charge in [0.05, 0.1) is 19.2 Å². The van der Waals surface area contributed by atoms with E-state index in [1.54, 1.807) is 0 Å². The molecule has 1 amide bonds. The molecule has 33 heavy (non-hydrogen) atoms. The second-order valence-corrected chi connectivity index (χ2v) is 7.83. The van der Waals surface area contributed by atoms with E-state index in [0.29, 0.717) is 37.8 Å². The Labute approximate surface area is 213 Å². The van der Waals surface area contributed by atoms with Gasteiger partial charge in [-0.25, -0.2) is 4.99 Å². The van der Waals surface area contributed by atoms with Gasteiger partial charge in [0.2, 0.25) is 0 Å². The average Bonchev–Trinajstić information content (AvgIpc) is 3.33. The maximum Gasteiger partial charge on any atom is 0.251 e. The fourth-order valence-electron chi connectivity index (χ4n) is 3.41. The molecule has 3 rings (SSSR count). The van der Waals surface area contributed by atoms with Crippen molar-refractivity contribution in [2.75, 3.05) is 32.8 Å². The first-order valence-corrected chi connectivity index (χ1v) is 11.3. The van der Waals surface area contributed by atoms with Crippen LogP contribution in [0.1, 0.15) is 41.3 Å². The number of nitrogens with zero attached hydrogens (tertiary/aromatic N) is 1. The molecule has 0 radical (unpaired) electrons. The molecule has 0 bridgehead atoms. The van der Waals surface area contributed by atoms with E-state index in [1.807, 2.05) is 55.5 Å². The summed E-state index contributed by atoms with van der Waals surface area (Å²) in [6.07, 6.45) is 2.20. The lowest BCUT2D eigenvalue weighted by Gasteiger charge is -2.13. The first-order valence-electron chi connectivity index (χ1n) is 11.3. The van der Waals surface area contributed by atoms with Crippen molar-refractivity contribution in [1.82, 2.24) is 16.0 Å². The molecule has 0 spiro atoms. The molecule has 0 aliphatic carbocycles. The Morgan fingerprint density at radius 1 is 1.15 bits per heavy atom. The number of carbonyl (C=O) groups excluding carboxylic acids is 1. The molecule has 1 unspecified atom stereocenters. The molecular weight excluding hydrogens is 531 g/mol. The average molecular weight is 566 g/mol. The van der Waals surface area contributed by atoms with Crippen LogP contribution in [0.15, 0.2) is 53.5 Å². The summed E-state index contributed by atoms with van der Waals surface area (Å²) in [5.41, 5.74) is 2.82. The molecule has 1 saturated heterocycles. The van der Waals surface area contributed by atoms with E-state index in [0.717, 1.165) is 37.3 Å².